The number of benzene rings is 1. The predicted octanol–water partition coefficient (Wildman–Crippen LogP) is 2.82. The minimum atomic E-state index is -0.396. The number of nitrogens with one attached hydrogen (secondary N) is 1. The summed E-state index contributed by atoms with van der Waals surface area (Å²) in [6, 6.07) is 7.45. The van der Waals surface area contributed by atoms with E-state index in [1.807, 2.05) is 37.3 Å². The minimum Gasteiger partial charge on any atom is -0.477 e. The second-order valence-corrected chi connectivity index (χ2v) is 4.24. The molecule has 1 aromatic heterocycles. The zero-order valence-electron chi connectivity index (χ0n) is 10.8. The summed E-state index contributed by atoms with van der Waals surface area (Å²) in [5, 5.41) is 0.812. The molecule has 2 aromatic rings. The van der Waals surface area contributed by atoms with Gasteiger partial charge in [0, 0.05) is 6.42 Å². The largest absolute Gasteiger partial charge is 0.477 e. The van der Waals surface area contributed by atoms with Crippen LogP contribution >= 0.6 is 0 Å². The van der Waals surface area contributed by atoms with Crippen LogP contribution in [-0.4, -0.2) is 16.6 Å². The lowest BCUT2D eigenvalue weighted by atomic mass is 10.2. The van der Waals surface area contributed by atoms with Gasteiger partial charge in [0.15, 0.2) is 0 Å². The van der Waals surface area contributed by atoms with Crippen LogP contribution in [0.1, 0.15) is 13.3 Å². The van der Waals surface area contributed by atoms with Crippen LogP contribution < -0.4 is 10.4 Å². The van der Waals surface area contributed by atoms with Crippen molar-refractivity contribution < 1.29 is 4.74 Å². The zero-order chi connectivity index (χ0) is 13.7. The van der Waals surface area contributed by atoms with Crippen LogP contribution in [0.4, 0.5) is 0 Å². The first-order valence-electron chi connectivity index (χ1n) is 6.11. The van der Waals surface area contributed by atoms with E-state index in [1.54, 1.807) is 6.08 Å². The number of aromatic amines is 1. The molecule has 0 saturated carbocycles. The second-order valence-electron chi connectivity index (χ2n) is 4.24. The second kappa shape index (κ2) is 6.00. The molecule has 0 bridgehead atoms. The molecular formula is C15H16N2O2. The molecule has 2 rings (SSSR count). The monoisotopic (exact) mass is 256 g/mol. The number of nitrogens with zero attached hydrogens (tertiary/aromatic N) is 1. The summed E-state index contributed by atoms with van der Waals surface area (Å²) < 4.78 is 5.61. The number of ether oxygens (including phenoxy) is 1. The van der Waals surface area contributed by atoms with Crippen LogP contribution in [0.3, 0.4) is 0 Å². The van der Waals surface area contributed by atoms with Crippen molar-refractivity contribution in [3.05, 3.63) is 59.1 Å². The van der Waals surface area contributed by atoms with Gasteiger partial charge in [-0.3, -0.25) is 0 Å². The fourth-order valence-electron chi connectivity index (χ4n) is 1.78. The lowest BCUT2D eigenvalue weighted by Crippen LogP contribution is -2.12. The molecule has 1 N–H and O–H groups in total. The van der Waals surface area contributed by atoms with Crippen molar-refractivity contribution in [2.75, 3.05) is 6.61 Å². The fraction of sp³-hybridized carbons (Fsp3) is 0.200. The van der Waals surface area contributed by atoms with E-state index in [2.05, 4.69) is 16.5 Å². The molecule has 0 fully saturated rings. The van der Waals surface area contributed by atoms with Gasteiger partial charge >= 0.3 is 5.69 Å². The molecule has 0 amide bonds. The van der Waals surface area contributed by atoms with Crippen LogP contribution in [0.5, 0.6) is 5.88 Å². The average Bonchev–Trinajstić information content (AvgIpc) is 2.38. The SMILES string of the molecule is C=C/C=C(\C)CCOc1nc(=O)[nH]c2ccccc12. The summed E-state index contributed by atoms with van der Waals surface area (Å²) in [5.74, 6) is 0.380. The molecule has 1 heterocycles. The van der Waals surface area contributed by atoms with Gasteiger partial charge in [-0.15, -0.1) is 0 Å². The number of para-hydroxylation sites is 1. The number of allylic oxidation sites excluding steroid dienone is 2. The molecule has 0 saturated heterocycles. The van der Waals surface area contributed by atoms with Gasteiger partial charge in [0.1, 0.15) is 0 Å². The number of rotatable bonds is 5. The first-order valence-corrected chi connectivity index (χ1v) is 6.11. The molecule has 0 aliphatic carbocycles. The summed E-state index contributed by atoms with van der Waals surface area (Å²) >= 11 is 0. The molecule has 0 aliphatic rings. The maximum absolute atomic E-state index is 11.4. The van der Waals surface area contributed by atoms with E-state index >= 15 is 0 Å². The minimum absolute atomic E-state index is 0.380. The van der Waals surface area contributed by atoms with E-state index < -0.39 is 5.69 Å². The van der Waals surface area contributed by atoms with Crippen LogP contribution in [0.2, 0.25) is 0 Å². The van der Waals surface area contributed by atoms with Crippen LogP contribution in [0.15, 0.2) is 53.4 Å². The lowest BCUT2D eigenvalue weighted by molar-refractivity contribution is 0.312. The maximum Gasteiger partial charge on any atom is 0.348 e. The first-order chi connectivity index (χ1) is 9.20. The van der Waals surface area contributed by atoms with Gasteiger partial charge in [0.25, 0.3) is 0 Å². The van der Waals surface area contributed by atoms with Gasteiger partial charge in [0.2, 0.25) is 5.88 Å². The molecule has 0 spiro atoms. The Balaban J connectivity index is 2.18. The number of hydrogen-bond acceptors (Lipinski definition) is 3. The Bertz CT molecular complexity index is 671. The number of H-pyrrole nitrogens is 1. The van der Waals surface area contributed by atoms with Crippen molar-refractivity contribution in [2.24, 2.45) is 0 Å². The van der Waals surface area contributed by atoms with E-state index in [0.717, 1.165) is 17.3 Å². The molecule has 0 unspecified atom stereocenters. The normalized spacial score (nSPS) is 11.5. The highest BCUT2D eigenvalue weighted by molar-refractivity contribution is 5.82. The van der Waals surface area contributed by atoms with Crippen LogP contribution in [0, 0.1) is 0 Å². The highest BCUT2D eigenvalue weighted by Crippen LogP contribution is 2.19. The summed E-state index contributed by atoms with van der Waals surface area (Å²) in [7, 11) is 0. The molecule has 4 heteroatoms. The zero-order valence-corrected chi connectivity index (χ0v) is 10.8. The topological polar surface area (TPSA) is 55.0 Å². The Kier molecular flexibility index (Phi) is 4.13. The standard InChI is InChI=1S/C15H16N2O2/c1-3-6-11(2)9-10-19-14-12-7-4-5-8-13(12)16-15(18)17-14/h3-8H,1,9-10H2,2H3,(H,16,17,18)/b11-6+. The summed E-state index contributed by atoms with van der Waals surface area (Å²) in [5.41, 5.74) is 1.51. The quantitative estimate of drug-likeness (QED) is 0.837. The molecule has 19 heavy (non-hydrogen) atoms. The molecule has 0 atom stereocenters. The van der Waals surface area contributed by atoms with Crippen LogP contribution in [0.25, 0.3) is 10.9 Å². The van der Waals surface area contributed by atoms with Crippen molar-refractivity contribution in [1.29, 1.82) is 0 Å². The van der Waals surface area contributed by atoms with E-state index in [9.17, 15) is 4.79 Å². The van der Waals surface area contributed by atoms with Crippen molar-refractivity contribution in [1.82, 2.24) is 9.97 Å². The van der Waals surface area contributed by atoms with Gasteiger partial charge in [-0.1, -0.05) is 36.4 Å². The van der Waals surface area contributed by atoms with Gasteiger partial charge < -0.3 is 9.72 Å². The van der Waals surface area contributed by atoms with Gasteiger partial charge in [-0.2, -0.15) is 4.98 Å². The van der Waals surface area contributed by atoms with Crippen molar-refractivity contribution in [2.45, 2.75) is 13.3 Å². The Labute approximate surface area is 111 Å². The van der Waals surface area contributed by atoms with E-state index in [0.29, 0.717) is 12.5 Å². The van der Waals surface area contributed by atoms with Crippen molar-refractivity contribution in [3.8, 4) is 5.88 Å². The summed E-state index contributed by atoms with van der Waals surface area (Å²) in [6.45, 7) is 6.14. The van der Waals surface area contributed by atoms with Gasteiger partial charge in [-0.05, 0) is 19.1 Å². The highest BCUT2D eigenvalue weighted by atomic mass is 16.5. The highest BCUT2D eigenvalue weighted by Gasteiger charge is 2.05. The average molecular weight is 256 g/mol. The van der Waals surface area contributed by atoms with Crippen LogP contribution in [-0.2, 0) is 0 Å². The first kappa shape index (κ1) is 13.1. The Hall–Kier alpha value is -2.36. The predicted molar refractivity (Wildman–Crippen MR) is 76.4 cm³/mol. The summed E-state index contributed by atoms with van der Waals surface area (Å²) in [6.07, 6.45) is 4.46. The van der Waals surface area contributed by atoms with E-state index in [-0.39, 0.29) is 0 Å². The third kappa shape index (κ3) is 3.31. The Morgan fingerprint density at radius 3 is 3.05 bits per heavy atom. The van der Waals surface area contributed by atoms with Crippen molar-refractivity contribution >= 4 is 10.9 Å². The Morgan fingerprint density at radius 2 is 2.26 bits per heavy atom. The van der Waals surface area contributed by atoms with Gasteiger partial charge in [0.05, 0.1) is 17.5 Å². The molecule has 0 aliphatic heterocycles. The number of fused-ring (bicyclic) bond motifs is 1. The van der Waals surface area contributed by atoms with E-state index in [1.165, 1.54) is 5.57 Å². The number of aromatic nitrogens is 2. The van der Waals surface area contributed by atoms with Crippen molar-refractivity contribution in [3.63, 3.8) is 0 Å². The molecule has 0 radical (unpaired) electrons. The third-order valence-corrected chi connectivity index (χ3v) is 2.74. The summed E-state index contributed by atoms with van der Waals surface area (Å²) in [4.78, 5) is 18.0. The molecule has 4 nitrogen and oxygen atoms in total. The molecule has 1 aromatic carbocycles. The van der Waals surface area contributed by atoms with E-state index in [4.69, 9.17) is 4.74 Å². The maximum atomic E-state index is 11.4. The van der Waals surface area contributed by atoms with Gasteiger partial charge in [-0.25, -0.2) is 4.79 Å². The molecule has 98 valence electrons. The smallest absolute Gasteiger partial charge is 0.348 e. The third-order valence-electron chi connectivity index (χ3n) is 2.74. The lowest BCUT2D eigenvalue weighted by Gasteiger charge is -2.07. The fourth-order valence-corrected chi connectivity index (χ4v) is 1.78. The molecular weight excluding hydrogens is 240 g/mol. The number of hydrogen-bond donors (Lipinski definition) is 1. The Morgan fingerprint density at radius 1 is 1.47 bits per heavy atom.